The summed E-state index contributed by atoms with van der Waals surface area (Å²) < 4.78 is 0. The molecule has 0 saturated carbocycles. The molecule has 0 aromatic heterocycles. The zero-order valence-electron chi connectivity index (χ0n) is 8.82. The van der Waals surface area contributed by atoms with Crippen LogP contribution in [0.3, 0.4) is 0 Å². The summed E-state index contributed by atoms with van der Waals surface area (Å²) in [4.78, 5) is 0. The summed E-state index contributed by atoms with van der Waals surface area (Å²) in [6.45, 7) is 3.18. The Bertz CT molecular complexity index is 315. The van der Waals surface area contributed by atoms with E-state index in [2.05, 4.69) is 30.4 Å². The normalized spacial score (nSPS) is 14.3. The van der Waals surface area contributed by atoms with Gasteiger partial charge in [-0.25, -0.2) is 0 Å². The van der Waals surface area contributed by atoms with Gasteiger partial charge in [-0.3, -0.25) is 0 Å². The first-order chi connectivity index (χ1) is 6.33. The van der Waals surface area contributed by atoms with Crippen LogP contribution in [0.2, 0.25) is 0 Å². The zero-order chi connectivity index (χ0) is 9.26. The molecule has 1 aliphatic heterocycles. The fourth-order valence-corrected chi connectivity index (χ4v) is 1.89. The fourth-order valence-electron chi connectivity index (χ4n) is 1.89. The highest BCUT2D eigenvalue weighted by Gasteiger charge is 2.16. The van der Waals surface area contributed by atoms with Crippen LogP contribution in [-0.2, 0) is 6.42 Å². The third-order valence-electron chi connectivity index (χ3n) is 2.72. The van der Waals surface area contributed by atoms with Gasteiger partial charge in [0.15, 0.2) is 0 Å². The lowest BCUT2D eigenvalue weighted by Gasteiger charge is -2.14. The molecule has 86 valence electrons. The van der Waals surface area contributed by atoms with Crippen molar-refractivity contribution in [3.8, 4) is 0 Å². The molecule has 1 aliphatic rings. The van der Waals surface area contributed by atoms with Gasteiger partial charge in [0.05, 0.1) is 0 Å². The van der Waals surface area contributed by atoms with Crippen molar-refractivity contribution in [2.24, 2.45) is 5.73 Å². The molecular formula is C11H18Cl2N2. The number of rotatable bonds is 2. The van der Waals surface area contributed by atoms with Crippen LogP contribution in [0.5, 0.6) is 0 Å². The monoisotopic (exact) mass is 248 g/mol. The van der Waals surface area contributed by atoms with E-state index < -0.39 is 0 Å². The first-order valence-corrected chi connectivity index (χ1v) is 4.94. The van der Waals surface area contributed by atoms with E-state index in [1.165, 1.54) is 16.8 Å². The average molecular weight is 249 g/mol. The minimum atomic E-state index is 0. The van der Waals surface area contributed by atoms with Crippen molar-refractivity contribution >= 4 is 30.5 Å². The summed E-state index contributed by atoms with van der Waals surface area (Å²) in [6.07, 6.45) is 2.14. The summed E-state index contributed by atoms with van der Waals surface area (Å²) in [5, 5.41) is 3.40. The summed E-state index contributed by atoms with van der Waals surface area (Å²) in [5.74, 6) is 0. The minimum absolute atomic E-state index is 0. The summed E-state index contributed by atoms with van der Waals surface area (Å²) in [7, 11) is 0. The van der Waals surface area contributed by atoms with Gasteiger partial charge in [0.2, 0.25) is 0 Å². The van der Waals surface area contributed by atoms with Crippen molar-refractivity contribution in [3.63, 3.8) is 0 Å². The number of halogens is 2. The van der Waals surface area contributed by atoms with Gasteiger partial charge >= 0.3 is 0 Å². The van der Waals surface area contributed by atoms with Crippen molar-refractivity contribution in [1.29, 1.82) is 0 Å². The topological polar surface area (TPSA) is 38.0 Å². The molecule has 0 fully saturated rings. The highest BCUT2D eigenvalue weighted by molar-refractivity contribution is 5.85. The molecule has 4 heteroatoms. The Morgan fingerprint density at radius 2 is 2.13 bits per heavy atom. The highest BCUT2D eigenvalue weighted by Crippen LogP contribution is 2.30. The SMILES string of the molecule is CCC(N)c1cccc2c1NCC2.Cl.Cl. The molecule has 0 radical (unpaired) electrons. The van der Waals surface area contributed by atoms with Gasteiger partial charge in [-0.2, -0.15) is 0 Å². The van der Waals surface area contributed by atoms with E-state index in [4.69, 9.17) is 5.73 Å². The van der Waals surface area contributed by atoms with Crippen LogP contribution >= 0.6 is 24.8 Å². The lowest BCUT2D eigenvalue weighted by Crippen LogP contribution is -2.10. The standard InChI is InChI=1S/C11H16N2.2ClH/c1-2-10(12)9-5-3-4-8-6-7-13-11(8)9;;/h3-5,10,13H,2,6-7,12H2,1H3;2*1H. The first kappa shape index (κ1) is 14.6. The number of hydrogen-bond acceptors (Lipinski definition) is 2. The van der Waals surface area contributed by atoms with Crippen molar-refractivity contribution in [2.45, 2.75) is 25.8 Å². The van der Waals surface area contributed by atoms with Crippen LogP contribution < -0.4 is 11.1 Å². The number of hydrogen-bond donors (Lipinski definition) is 2. The van der Waals surface area contributed by atoms with Gasteiger partial charge in [0.25, 0.3) is 0 Å². The number of nitrogens with one attached hydrogen (secondary N) is 1. The summed E-state index contributed by atoms with van der Waals surface area (Å²) in [6, 6.07) is 6.60. The molecule has 0 saturated heterocycles. The quantitative estimate of drug-likeness (QED) is 0.845. The van der Waals surface area contributed by atoms with Gasteiger partial charge in [-0.05, 0) is 24.0 Å². The van der Waals surface area contributed by atoms with E-state index in [9.17, 15) is 0 Å². The molecule has 0 amide bonds. The molecule has 0 spiro atoms. The third kappa shape index (κ3) is 2.77. The summed E-state index contributed by atoms with van der Waals surface area (Å²) >= 11 is 0. The molecule has 1 aromatic carbocycles. The third-order valence-corrected chi connectivity index (χ3v) is 2.72. The largest absolute Gasteiger partial charge is 0.384 e. The maximum Gasteiger partial charge on any atom is 0.0421 e. The van der Waals surface area contributed by atoms with E-state index in [-0.39, 0.29) is 30.9 Å². The van der Waals surface area contributed by atoms with Crippen LogP contribution in [0.4, 0.5) is 5.69 Å². The molecule has 1 atom stereocenters. The van der Waals surface area contributed by atoms with E-state index in [1.54, 1.807) is 0 Å². The van der Waals surface area contributed by atoms with Gasteiger partial charge < -0.3 is 11.1 Å². The molecule has 2 nitrogen and oxygen atoms in total. The Kier molecular flexibility index (Phi) is 6.03. The second-order valence-corrected chi connectivity index (χ2v) is 3.57. The Labute approximate surface area is 103 Å². The molecule has 1 aromatic rings. The number of benzene rings is 1. The van der Waals surface area contributed by atoms with Gasteiger partial charge in [-0.15, -0.1) is 24.8 Å². The molecule has 15 heavy (non-hydrogen) atoms. The van der Waals surface area contributed by atoms with E-state index in [0.29, 0.717) is 0 Å². The average Bonchev–Trinajstić information content (AvgIpc) is 2.63. The van der Waals surface area contributed by atoms with Gasteiger partial charge in [-0.1, -0.05) is 25.1 Å². The first-order valence-electron chi connectivity index (χ1n) is 4.94. The van der Waals surface area contributed by atoms with Crippen LogP contribution in [-0.4, -0.2) is 6.54 Å². The minimum Gasteiger partial charge on any atom is -0.384 e. The number of para-hydroxylation sites is 1. The van der Waals surface area contributed by atoms with Gasteiger partial charge in [0.1, 0.15) is 0 Å². The number of nitrogens with two attached hydrogens (primary N) is 1. The Hall–Kier alpha value is -0.440. The zero-order valence-corrected chi connectivity index (χ0v) is 10.5. The molecule has 0 bridgehead atoms. The second-order valence-electron chi connectivity index (χ2n) is 3.57. The van der Waals surface area contributed by atoms with Crippen LogP contribution in [0.25, 0.3) is 0 Å². The Morgan fingerprint density at radius 1 is 1.40 bits per heavy atom. The van der Waals surface area contributed by atoms with Crippen molar-refractivity contribution in [3.05, 3.63) is 29.3 Å². The fraction of sp³-hybridized carbons (Fsp3) is 0.455. The van der Waals surface area contributed by atoms with E-state index in [1.807, 2.05) is 0 Å². The van der Waals surface area contributed by atoms with Crippen molar-refractivity contribution in [1.82, 2.24) is 0 Å². The van der Waals surface area contributed by atoms with Crippen LogP contribution in [0.15, 0.2) is 18.2 Å². The predicted octanol–water partition coefficient (Wildman–Crippen LogP) is 2.91. The van der Waals surface area contributed by atoms with Crippen molar-refractivity contribution in [2.75, 3.05) is 11.9 Å². The maximum atomic E-state index is 6.03. The van der Waals surface area contributed by atoms with Gasteiger partial charge in [0, 0.05) is 18.3 Å². The summed E-state index contributed by atoms with van der Waals surface area (Å²) in [5.41, 5.74) is 10.0. The molecule has 1 unspecified atom stereocenters. The molecule has 2 rings (SSSR count). The predicted molar refractivity (Wildman–Crippen MR) is 70.4 cm³/mol. The van der Waals surface area contributed by atoms with Crippen LogP contribution in [0.1, 0.15) is 30.5 Å². The Morgan fingerprint density at radius 3 is 2.80 bits per heavy atom. The lowest BCUT2D eigenvalue weighted by atomic mass is 10.0. The lowest BCUT2D eigenvalue weighted by molar-refractivity contribution is 0.700. The van der Waals surface area contributed by atoms with Crippen molar-refractivity contribution < 1.29 is 0 Å². The van der Waals surface area contributed by atoms with E-state index in [0.717, 1.165) is 19.4 Å². The number of fused-ring (bicyclic) bond motifs is 1. The molecule has 0 aliphatic carbocycles. The van der Waals surface area contributed by atoms with Crippen LogP contribution in [0, 0.1) is 0 Å². The second kappa shape index (κ2) is 6.21. The highest BCUT2D eigenvalue weighted by atomic mass is 35.5. The Balaban J connectivity index is 0.000000980. The maximum absolute atomic E-state index is 6.03. The molecular weight excluding hydrogens is 231 g/mol. The number of anilines is 1. The molecule has 3 N–H and O–H groups in total. The molecule has 1 heterocycles. The smallest absolute Gasteiger partial charge is 0.0421 e. The van der Waals surface area contributed by atoms with E-state index >= 15 is 0 Å².